The van der Waals surface area contributed by atoms with Crippen molar-refractivity contribution in [2.45, 2.75) is 31.8 Å². The van der Waals surface area contributed by atoms with Crippen LogP contribution in [0.25, 0.3) is 0 Å². The highest BCUT2D eigenvalue weighted by Crippen LogP contribution is 2.35. The van der Waals surface area contributed by atoms with Gasteiger partial charge in [0.1, 0.15) is 0 Å². The van der Waals surface area contributed by atoms with Gasteiger partial charge in [0.25, 0.3) is 0 Å². The van der Waals surface area contributed by atoms with Crippen molar-refractivity contribution >= 4 is 33.3 Å². The van der Waals surface area contributed by atoms with Gasteiger partial charge in [-0.1, -0.05) is 42.4 Å². The molecule has 0 aromatic heterocycles. The molecule has 1 unspecified atom stereocenters. The van der Waals surface area contributed by atoms with Gasteiger partial charge in [-0.3, -0.25) is 0 Å². The minimum atomic E-state index is 0.815. The lowest BCUT2D eigenvalue weighted by molar-refractivity contribution is 1.06. The summed E-state index contributed by atoms with van der Waals surface area (Å²) >= 11 is 2.06. The van der Waals surface area contributed by atoms with Crippen molar-refractivity contribution in [2.24, 2.45) is 0 Å². The number of hydrogen-bond acceptors (Lipinski definition) is 3. The van der Waals surface area contributed by atoms with Crippen LogP contribution in [0.2, 0.25) is 0 Å². The molecular formula is C7H16S3. The van der Waals surface area contributed by atoms with E-state index in [1.807, 2.05) is 21.6 Å². The number of thioether (sulfide) groups is 1. The maximum Gasteiger partial charge on any atom is 0.0603 e. The van der Waals surface area contributed by atoms with Crippen molar-refractivity contribution in [3.05, 3.63) is 0 Å². The third kappa shape index (κ3) is 5.81. The van der Waals surface area contributed by atoms with Gasteiger partial charge < -0.3 is 0 Å². The molecule has 1 atom stereocenters. The Bertz CT molecular complexity index is 65.9. The molecule has 0 aliphatic rings. The second-order valence-corrected chi connectivity index (χ2v) is 6.43. The van der Waals surface area contributed by atoms with E-state index in [-0.39, 0.29) is 0 Å². The Balaban J connectivity index is 3.21. The molecule has 0 N–H and O–H groups in total. The van der Waals surface area contributed by atoms with Crippen LogP contribution in [-0.4, -0.2) is 16.1 Å². The van der Waals surface area contributed by atoms with E-state index >= 15 is 0 Å². The SMILES string of the molecule is CCSSC(CC)SCC. The second-order valence-electron chi connectivity index (χ2n) is 1.80. The van der Waals surface area contributed by atoms with E-state index in [1.165, 1.54) is 17.9 Å². The fourth-order valence-electron chi connectivity index (χ4n) is 0.543. The van der Waals surface area contributed by atoms with Gasteiger partial charge in [0.15, 0.2) is 0 Å². The van der Waals surface area contributed by atoms with E-state index < -0.39 is 0 Å². The zero-order valence-electron chi connectivity index (χ0n) is 6.92. The first-order valence-corrected chi connectivity index (χ1v) is 7.18. The summed E-state index contributed by atoms with van der Waals surface area (Å²) in [6.45, 7) is 6.70. The smallest absolute Gasteiger partial charge is 0.0603 e. The van der Waals surface area contributed by atoms with Gasteiger partial charge in [-0.25, -0.2) is 0 Å². The maximum atomic E-state index is 2.26. The standard InChI is InChI=1S/C7H16S3/c1-4-7(8-5-2)10-9-6-3/h7H,4-6H2,1-3H3. The molecule has 0 aliphatic heterocycles. The third-order valence-electron chi connectivity index (χ3n) is 0.979. The first-order valence-electron chi connectivity index (χ1n) is 3.74. The van der Waals surface area contributed by atoms with Gasteiger partial charge in [0.2, 0.25) is 0 Å². The average molecular weight is 196 g/mol. The molecule has 10 heavy (non-hydrogen) atoms. The van der Waals surface area contributed by atoms with Crippen molar-refractivity contribution in [1.29, 1.82) is 0 Å². The molecule has 0 rings (SSSR count). The van der Waals surface area contributed by atoms with E-state index in [9.17, 15) is 0 Å². The van der Waals surface area contributed by atoms with Gasteiger partial charge in [0.05, 0.1) is 4.58 Å². The minimum Gasteiger partial charge on any atom is -0.147 e. The first-order chi connectivity index (χ1) is 4.85. The normalized spacial score (nSPS) is 13.5. The molecular weight excluding hydrogens is 180 g/mol. The summed E-state index contributed by atoms with van der Waals surface area (Å²) in [5.41, 5.74) is 0. The summed E-state index contributed by atoms with van der Waals surface area (Å²) in [5.74, 6) is 2.47. The van der Waals surface area contributed by atoms with Gasteiger partial charge in [-0.2, -0.15) is 0 Å². The minimum absolute atomic E-state index is 0.815. The number of hydrogen-bond donors (Lipinski definition) is 0. The van der Waals surface area contributed by atoms with Crippen LogP contribution in [0.1, 0.15) is 27.2 Å². The molecule has 0 aromatic rings. The molecule has 0 saturated heterocycles. The maximum absolute atomic E-state index is 2.26. The van der Waals surface area contributed by atoms with Gasteiger partial charge in [0, 0.05) is 5.75 Å². The summed E-state index contributed by atoms with van der Waals surface area (Å²) in [5, 5.41) is 0. The molecule has 3 heteroatoms. The first kappa shape index (κ1) is 11.1. The van der Waals surface area contributed by atoms with Gasteiger partial charge in [-0.15, -0.1) is 11.8 Å². The Morgan fingerprint density at radius 1 is 1.10 bits per heavy atom. The zero-order chi connectivity index (χ0) is 7.82. The van der Waals surface area contributed by atoms with E-state index in [4.69, 9.17) is 0 Å². The van der Waals surface area contributed by atoms with Crippen molar-refractivity contribution in [1.82, 2.24) is 0 Å². The second kappa shape index (κ2) is 8.15. The number of rotatable bonds is 6. The van der Waals surface area contributed by atoms with Crippen LogP contribution in [0.15, 0.2) is 0 Å². The predicted octanol–water partition coefficient (Wildman–Crippen LogP) is 3.88. The van der Waals surface area contributed by atoms with Crippen LogP contribution in [0.5, 0.6) is 0 Å². The molecule has 0 aliphatic carbocycles. The zero-order valence-corrected chi connectivity index (χ0v) is 9.37. The highest BCUT2D eigenvalue weighted by atomic mass is 33.1. The molecule has 0 spiro atoms. The topological polar surface area (TPSA) is 0 Å². The van der Waals surface area contributed by atoms with E-state index in [2.05, 4.69) is 32.5 Å². The highest BCUT2D eigenvalue weighted by Gasteiger charge is 2.04. The van der Waals surface area contributed by atoms with Crippen LogP contribution in [0, 0.1) is 0 Å². The average Bonchev–Trinajstić information content (AvgIpc) is 1.98. The van der Waals surface area contributed by atoms with Gasteiger partial charge >= 0.3 is 0 Å². The Morgan fingerprint density at radius 3 is 2.20 bits per heavy atom. The Kier molecular flexibility index (Phi) is 9.01. The fourth-order valence-corrected chi connectivity index (χ4v) is 4.48. The van der Waals surface area contributed by atoms with Crippen molar-refractivity contribution in [3.8, 4) is 0 Å². The van der Waals surface area contributed by atoms with Crippen LogP contribution < -0.4 is 0 Å². The third-order valence-corrected chi connectivity index (χ3v) is 5.81. The van der Waals surface area contributed by atoms with Gasteiger partial charge in [-0.05, 0) is 12.2 Å². The molecule has 0 nitrogen and oxygen atoms in total. The molecule has 0 bridgehead atoms. The molecule has 0 radical (unpaired) electrons. The molecule has 0 fully saturated rings. The quantitative estimate of drug-likeness (QED) is 0.467. The highest BCUT2D eigenvalue weighted by molar-refractivity contribution is 8.78. The molecule has 62 valence electrons. The van der Waals surface area contributed by atoms with Crippen LogP contribution in [0.4, 0.5) is 0 Å². The Hall–Kier alpha value is 1.05. The van der Waals surface area contributed by atoms with Crippen molar-refractivity contribution < 1.29 is 0 Å². The molecule has 0 amide bonds. The summed E-state index contributed by atoms with van der Waals surface area (Å²) in [4.78, 5) is 0. The lowest BCUT2D eigenvalue weighted by Crippen LogP contribution is -1.91. The Labute approximate surface area is 76.7 Å². The lowest BCUT2D eigenvalue weighted by atomic mass is 10.6. The predicted molar refractivity (Wildman–Crippen MR) is 57.9 cm³/mol. The van der Waals surface area contributed by atoms with Crippen molar-refractivity contribution in [2.75, 3.05) is 11.5 Å². The lowest BCUT2D eigenvalue weighted by Gasteiger charge is -2.10. The summed E-state index contributed by atoms with van der Waals surface area (Å²) in [6.07, 6.45) is 1.29. The van der Waals surface area contributed by atoms with E-state index in [0.717, 1.165) is 4.58 Å². The van der Waals surface area contributed by atoms with Crippen LogP contribution >= 0.6 is 33.3 Å². The van der Waals surface area contributed by atoms with E-state index in [1.54, 1.807) is 0 Å². The molecule has 0 aromatic carbocycles. The Morgan fingerprint density at radius 2 is 1.80 bits per heavy atom. The monoisotopic (exact) mass is 196 g/mol. The van der Waals surface area contributed by atoms with Crippen LogP contribution in [-0.2, 0) is 0 Å². The fraction of sp³-hybridized carbons (Fsp3) is 1.00. The largest absolute Gasteiger partial charge is 0.147 e. The van der Waals surface area contributed by atoms with E-state index in [0.29, 0.717) is 0 Å². The molecule has 0 heterocycles. The van der Waals surface area contributed by atoms with Crippen LogP contribution in [0.3, 0.4) is 0 Å². The molecule has 0 saturated carbocycles. The summed E-state index contributed by atoms with van der Waals surface area (Å²) in [6, 6.07) is 0. The summed E-state index contributed by atoms with van der Waals surface area (Å²) < 4.78 is 0.815. The van der Waals surface area contributed by atoms with Crippen molar-refractivity contribution in [3.63, 3.8) is 0 Å². The summed E-state index contributed by atoms with van der Waals surface area (Å²) in [7, 11) is 4.00.